The molecule has 0 unspecified atom stereocenters. The molecule has 11 aromatic rings. The first-order valence-electron chi connectivity index (χ1n) is 18.7. The van der Waals surface area contributed by atoms with Crippen LogP contribution in [0.15, 0.2) is 170 Å². The van der Waals surface area contributed by atoms with Crippen LogP contribution in [0, 0.1) is 34.0 Å². The van der Waals surface area contributed by atoms with Gasteiger partial charge in [0, 0.05) is 49.1 Å². The van der Waals surface area contributed by atoms with Crippen molar-refractivity contribution >= 4 is 65.4 Å². The van der Waals surface area contributed by atoms with E-state index >= 15 is 0 Å². The number of rotatable bonds is 4. The van der Waals surface area contributed by atoms with E-state index in [1.807, 2.05) is 66.7 Å². The van der Waals surface area contributed by atoms with E-state index in [0.717, 1.165) is 82.8 Å². The Hall–Kier alpha value is -8.37. The van der Waals surface area contributed by atoms with Gasteiger partial charge in [-0.05, 0) is 78.9 Å². The fourth-order valence-electron chi connectivity index (χ4n) is 8.89. The van der Waals surface area contributed by atoms with Crippen LogP contribution in [-0.4, -0.2) is 13.7 Å². The third kappa shape index (κ3) is 4.68. The molecule has 0 atom stereocenters. The molecule has 262 valence electrons. The van der Waals surface area contributed by atoms with E-state index in [1.54, 1.807) is 0 Å². The van der Waals surface area contributed by atoms with Gasteiger partial charge in [-0.25, -0.2) is 0 Å². The average molecular weight is 725 g/mol. The average Bonchev–Trinajstić information content (AvgIpc) is 3.91. The molecular formula is C51H28N6. The number of para-hydroxylation sites is 4. The summed E-state index contributed by atoms with van der Waals surface area (Å²) in [6.07, 6.45) is 0. The van der Waals surface area contributed by atoms with E-state index in [0.29, 0.717) is 16.7 Å². The maximum Gasteiger partial charge on any atom is 0.0992 e. The van der Waals surface area contributed by atoms with E-state index < -0.39 is 0 Å². The lowest BCUT2D eigenvalue weighted by Crippen LogP contribution is -2.03. The summed E-state index contributed by atoms with van der Waals surface area (Å²) >= 11 is 0. The molecule has 0 saturated heterocycles. The Balaban J connectivity index is 1.25. The second kappa shape index (κ2) is 12.3. The molecule has 0 radical (unpaired) electrons. The van der Waals surface area contributed by atoms with Gasteiger partial charge in [0.05, 0.1) is 79.4 Å². The molecule has 0 aliphatic rings. The quantitative estimate of drug-likeness (QED) is 0.181. The first-order valence-corrected chi connectivity index (χ1v) is 18.7. The van der Waals surface area contributed by atoms with E-state index in [9.17, 15) is 15.8 Å². The van der Waals surface area contributed by atoms with Crippen molar-refractivity contribution in [3.63, 3.8) is 0 Å². The summed E-state index contributed by atoms with van der Waals surface area (Å²) in [6.45, 7) is 0. The predicted molar refractivity (Wildman–Crippen MR) is 229 cm³/mol. The van der Waals surface area contributed by atoms with E-state index in [4.69, 9.17) is 0 Å². The molecule has 0 spiro atoms. The summed E-state index contributed by atoms with van der Waals surface area (Å²) in [6, 6.07) is 64.8. The summed E-state index contributed by atoms with van der Waals surface area (Å²) in [7, 11) is 0. The second-order valence-electron chi connectivity index (χ2n) is 14.3. The van der Waals surface area contributed by atoms with E-state index in [-0.39, 0.29) is 0 Å². The topological polar surface area (TPSA) is 86.2 Å². The summed E-state index contributed by atoms with van der Waals surface area (Å²) in [5.41, 5.74) is 12.2. The van der Waals surface area contributed by atoms with E-state index in [2.05, 4.69) is 135 Å². The van der Waals surface area contributed by atoms with Gasteiger partial charge in [-0.2, -0.15) is 15.8 Å². The zero-order valence-corrected chi connectivity index (χ0v) is 30.3. The third-order valence-electron chi connectivity index (χ3n) is 11.3. The van der Waals surface area contributed by atoms with Crippen molar-refractivity contribution in [2.75, 3.05) is 0 Å². The van der Waals surface area contributed by atoms with Crippen molar-refractivity contribution in [3.05, 3.63) is 187 Å². The van der Waals surface area contributed by atoms with Crippen LogP contribution in [0.5, 0.6) is 0 Å². The molecule has 11 rings (SSSR count). The second-order valence-corrected chi connectivity index (χ2v) is 14.3. The molecule has 8 aromatic carbocycles. The first kappa shape index (κ1) is 32.1. The van der Waals surface area contributed by atoms with Crippen molar-refractivity contribution in [3.8, 4) is 46.4 Å². The Morgan fingerprint density at radius 1 is 0.298 bits per heavy atom. The van der Waals surface area contributed by atoms with Crippen LogP contribution in [0.3, 0.4) is 0 Å². The van der Waals surface area contributed by atoms with Gasteiger partial charge in [0.25, 0.3) is 0 Å². The Labute approximate surface area is 326 Å². The molecule has 0 aliphatic carbocycles. The van der Waals surface area contributed by atoms with Crippen molar-refractivity contribution in [2.24, 2.45) is 0 Å². The molecule has 0 amide bonds. The monoisotopic (exact) mass is 724 g/mol. The minimum atomic E-state index is 0.517. The molecule has 57 heavy (non-hydrogen) atoms. The molecule has 3 heterocycles. The van der Waals surface area contributed by atoms with Gasteiger partial charge in [0.2, 0.25) is 0 Å². The van der Waals surface area contributed by atoms with Crippen LogP contribution in [0.4, 0.5) is 0 Å². The lowest BCUT2D eigenvalue weighted by molar-refractivity contribution is 1.15. The third-order valence-corrected chi connectivity index (χ3v) is 11.3. The number of nitriles is 3. The highest BCUT2D eigenvalue weighted by molar-refractivity contribution is 6.13. The van der Waals surface area contributed by atoms with E-state index in [1.165, 1.54) is 10.8 Å². The minimum Gasteiger partial charge on any atom is -0.309 e. The van der Waals surface area contributed by atoms with Crippen LogP contribution in [0.1, 0.15) is 16.7 Å². The standard InChI is InChI=1S/C51H28N6/c52-29-32-19-24-48-43(25-32)42-23-20-35(55-44-13-5-1-9-36(44)37-10-2-6-14-45(37)55)28-51(42)57(48)50-27-34(31-54)18-22-41(50)40-21-17-33(30-53)26-49(40)56-46-15-7-3-11-38(46)39-12-4-8-16-47(39)56/h1-28H. The number of nitrogens with zero attached hydrogens (tertiary/aromatic N) is 6. The molecule has 6 heteroatoms. The first-order chi connectivity index (χ1) is 28.1. The molecule has 0 bridgehead atoms. The molecule has 3 aromatic heterocycles. The molecule has 6 nitrogen and oxygen atoms in total. The molecule has 0 saturated carbocycles. The zero-order valence-electron chi connectivity index (χ0n) is 30.3. The number of aromatic nitrogens is 3. The van der Waals surface area contributed by atoms with Gasteiger partial charge in [0.15, 0.2) is 0 Å². The molecule has 0 aliphatic heterocycles. The van der Waals surface area contributed by atoms with Gasteiger partial charge < -0.3 is 13.7 Å². The van der Waals surface area contributed by atoms with Crippen LogP contribution >= 0.6 is 0 Å². The normalized spacial score (nSPS) is 11.5. The minimum absolute atomic E-state index is 0.517. The Bertz CT molecular complexity index is 3520. The number of fused-ring (bicyclic) bond motifs is 9. The highest BCUT2D eigenvalue weighted by atomic mass is 15.0. The van der Waals surface area contributed by atoms with Crippen LogP contribution in [0.25, 0.3) is 93.6 Å². The van der Waals surface area contributed by atoms with Gasteiger partial charge in [-0.3, -0.25) is 0 Å². The van der Waals surface area contributed by atoms with Gasteiger partial charge in [0.1, 0.15) is 0 Å². The Kier molecular flexibility index (Phi) is 6.95. The fraction of sp³-hybridized carbons (Fsp3) is 0. The number of hydrogen-bond acceptors (Lipinski definition) is 3. The SMILES string of the molecule is N#Cc1ccc(-c2ccc(C#N)cc2-n2c3ccc(C#N)cc3c3ccc(-n4c5ccccc5c5ccccc54)cc32)c(-n2c3ccccc3c3ccccc32)c1. The highest BCUT2D eigenvalue weighted by Gasteiger charge is 2.22. The summed E-state index contributed by atoms with van der Waals surface area (Å²) in [5, 5.41) is 37.1. The molecule has 0 N–H and O–H groups in total. The number of benzene rings is 8. The fourth-order valence-corrected chi connectivity index (χ4v) is 8.89. The summed E-state index contributed by atoms with van der Waals surface area (Å²) < 4.78 is 6.78. The summed E-state index contributed by atoms with van der Waals surface area (Å²) in [4.78, 5) is 0. The van der Waals surface area contributed by atoms with Crippen LogP contribution in [-0.2, 0) is 0 Å². The Morgan fingerprint density at radius 2 is 0.684 bits per heavy atom. The van der Waals surface area contributed by atoms with Gasteiger partial charge >= 0.3 is 0 Å². The number of hydrogen-bond donors (Lipinski definition) is 0. The van der Waals surface area contributed by atoms with Crippen LogP contribution < -0.4 is 0 Å². The lowest BCUT2D eigenvalue weighted by Gasteiger charge is -2.19. The van der Waals surface area contributed by atoms with Crippen molar-refractivity contribution < 1.29 is 0 Å². The van der Waals surface area contributed by atoms with Gasteiger partial charge in [-0.1, -0.05) is 91.0 Å². The predicted octanol–water partition coefficient (Wildman–Crippen LogP) is 12.3. The largest absolute Gasteiger partial charge is 0.309 e. The molecular weight excluding hydrogens is 697 g/mol. The highest BCUT2D eigenvalue weighted by Crippen LogP contribution is 2.42. The van der Waals surface area contributed by atoms with Crippen molar-refractivity contribution in [2.45, 2.75) is 0 Å². The lowest BCUT2D eigenvalue weighted by atomic mass is 9.97. The Morgan fingerprint density at radius 3 is 1.18 bits per heavy atom. The van der Waals surface area contributed by atoms with Crippen LogP contribution in [0.2, 0.25) is 0 Å². The van der Waals surface area contributed by atoms with Gasteiger partial charge in [-0.15, -0.1) is 0 Å². The smallest absolute Gasteiger partial charge is 0.0992 e. The summed E-state index contributed by atoms with van der Waals surface area (Å²) in [5.74, 6) is 0. The maximum atomic E-state index is 10.4. The van der Waals surface area contributed by atoms with Crippen molar-refractivity contribution in [1.82, 2.24) is 13.7 Å². The molecule has 0 fully saturated rings. The van der Waals surface area contributed by atoms with Crippen molar-refractivity contribution in [1.29, 1.82) is 15.8 Å². The maximum absolute atomic E-state index is 10.4. The zero-order chi connectivity index (χ0) is 38.2.